The van der Waals surface area contributed by atoms with E-state index in [1.165, 1.54) is 5.56 Å². The molecule has 0 amide bonds. The molecule has 0 radical (unpaired) electrons. The summed E-state index contributed by atoms with van der Waals surface area (Å²) >= 11 is 0. The zero-order valence-electron chi connectivity index (χ0n) is 9.97. The molecule has 4 nitrogen and oxygen atoms in total. The van der Waals surface area contributed by atoms with Gasteiger partial charge in [0, 0.05) is 6.20 Å². The van der Waals surface area contributed by atoms with Crippen LogP contribution < -0.4 is 10.5 Å². The normalized spacial score (nSPS) is 10.2. The van der Waals surface area contributed by atoms with Crippen LogP contribution in [-0.4, -0.2) is 9.97 Å². The van der Waals surface area contributed by atoms with Gasteiger partial charge in [-0.15, -0.1) is 0 Å². The lowest BCUT2D eigenvalue weighted by Crippen LogP contribution is -2.04. The number of aromatic nitrogens is 2. The van der Waals surface area contributed by atoms with Gasteiger partial charge >= 0.3 is 0 Å². The van der Waals surface area contributed by atoms with Crippen molar-refractivity contribution in [1.82, 2.24) is 9.97 Å². The molecular weight excluding hydrogens is 214 g/mol. The third-order valence-corrected chi connectivity index (χ3v) is 2.64. The van der Waals surface area contributed by atoms with E-state index in [1.807, 2.05) is 19.1 Å². The fourth-order valence-corrected chi connectivity index (χ4v) is 1.51. The molecule has 0 bridgehead atoms. The van der Waals surface area contributed by atoms with E-state index in [-0.39, 0.29) is 0 Å². The lowest BCUT2D eigenvalue weighted by molar-refractivity contribution is 0.294. The summed E-state index contributed by atoms with van der Waals surface area (Å²) in [5, 5.41) is 0. The van der Waals surface area contributed by atoms with Crippen molar-refractivity contribution in [1.29, 1.82) is 0 Å². The Kier molecular flexibility index (Phi) is 3.23. The molecule has 0 spiro atoms. The molecule has 4 heteroatoms. The number of ether oxygens (including phenoxy) is 1. The van der Waals surface area contributed by atoms with Crippen LogP contribution in [0.4, 0.5) is 5.82 Å². The van der Waals surface area contributed by atoms with E-state index in [0.29, 0.717) is 18.2 Å². The summed E-state index contributed by atoms with van der Waals surface area (Å²) in [6, 6.07) is 7.62. The Bertz CT molecular complexity index is 526. The van der Waals surface area contributed by atoms with E-state index >= 15 is 0 Å². The molecule has 17 heavy (non-hydrogen) atoms. The maximum Gasteiger partial charge on any atom is 0.168 e. The minimum atomic E-state index is 0.329. The van der Waals surface area contributed by atoms with Crippen molar-refractivity contribution >= 4 is 5.82 Å². The Hall–Kier alpha value is -2.10. The van der Waals surface area contributed by atoms with Gasteiger partial charge in [-0.2, -0.15) is 0 Å². The SMILES string of the molecule is Cc1cccc(OCc2nccc(N)n2)c1C. The van der Waals surface area contributed by atoms with Gasteiger partial charge in [0.2, 0.25) is 0 Å². The van der Waals surface area contributed by atoms with E-state index in [0.717, 1.165) is 11.3 Å². The van der Waals surface area contributed by atoms with Gasteiger partial charge in [0.05, 0.1) is 0 Å². The Balaban J connectivity index is 2.10. The first kappa shape index (κ1) is 11.4. The van der Waals surface area contributed by atoms with Gasteiger partial charge in [-0.25, -0.2) is 9.97 Å². The fourth-order valence-electron chi connectivity index (χ4n) is 1.51. The second-order valence-electron chi connectivity index (χ2n) is 3.88. The third kappa shape index (κ3) is 2.72. The van der Waals surface area contributed by atoms with Crippen LogP contribution in [0.5, 0.6) is 5.75 Å². The van der Waals surface area contributed by atoms with Gasteiger partial charge in [0.25, 0.3) is 0 Å². The topological polar surface area (TPSA) is 61.0 Å². The fraction of sp³-hybridized carbons (Fsp3) is 0.231. The number of aryl methyl sites for hydroxylation is 1. The van der Waals surface area contributed by atoms with E-state index in [2.05, 4.69) is 23.0 Å². The molecule has 1 aromatic carbocycles. The molecule has 0 atom stereocenters. The molecule has 0 unspecified atom stereocenters. The highest BCUT2D eigenvalue weighted by atomic mass is 16.5. The molecule has 0 fully saturated rings. The highest BCUT2D eigenvalue weighted by Gasteiger charge is 2.03. The van der Waals surface area contributed by atoms with Crippen molar-refractivity contribution < 1.29 is 4.74 Å². The highest BCUT2D eigenvalue weighted by molar-refractivity contribution is 5.38. The standard InChI is InChI=1S/C13H15N3O/c1-9-4-3-5-11(10(9)2)17-8-13-15-7-6-12(14)16-13/h3-7H,8H2,1-2H3,(H2,14,15,16). The van der Waals surface area contributed by atoms with Gasteiger partial charge < -0.3 is 10.5 Å². The van der Waals surface area contributed by atoms with Gasteiger partial charge in [0.1, 0.15) is 18.2 Å². The second-order valence-corrected chi connectivity index (χ2v) is 3.88. The van der Waals surface area contributed by atoms with Crippen LogP contribution in [0.3, 0.4) is 0 Å². The monoisotopic (exact) mass is 229 g/mol. The number of nitrogens with two attached hydrogens (primary N) is 1. The van der Waals surface area contributed by atoms with Gasteiger partial charge in [0.15, 0.2) is 5.82 Å². The predicted octanol–water partition coefficient (Wildman–Crippen LogP) is 2.25. The number of anilines is 1. The van der Waals surface area contributed by atoms with Crippen molar-refractivity contribution in [2.45, 2.75) is 20.5 Å². The predicted molar refractivity (Wildman–Crippen MR) is 66.7 cm³/mol. The average molecular weight is 229 g/mol. The minimum Gasteiger partial charge on any atom is -0.485 e. The molecule has 0 saturated carbocycles. The maximum atomic E-state index is 5.68. The van der Waals surface area contributed by atoms with Crippen molar-refractivity contribution in [3.05, 3.63) is 47.4 Å². The number of nitrogen functional groups attached to an aromatic ring is 1. The first-order chi connectivity index (χ1) is 8.16. The third-order valence-electron chi connectivity index (χ3n) is 2.64. The van der Waals surface area contributed by atoms with Gasteiger partial charge in [-0.3, -0.25) is 0 Å². The van der Waals surface area contributed by atoms with Crippen LogP contribution >= 0.6 is 0 Å². The minimum absolute atomic E-state index is 0.329. The largest absolute Gasteiger partial charge is 0.485 e. The summed E-state index contributed by atoms with van der Waals surface area (Å²) in [6.45, 7) is 4.42. The second kappa shape index (κ2) is 4.82. The molecule has 0 aliphatic heterocycles. The summed E-state index contributed by atoms with van der Waals surface area (Å²) in [5.74, 6) is 1.90. The first-order valence-electron chi connectivity index (χ1n) is 5.43. The van der Waals surface area contributed by atoms with Crippen molar-refractivity contribution in [3.8, 4) is 5.75 Å². The average Bonchev–Trinajstić information content (AvgIpc) is 2.31. The van der Waals surface area contributed by atoms with E-state index in [9.17, 15) is 0 Å². The summed E-state index contributed by atoms with van der Waals surface area (Å²) in [4.78, 5) is 8.17. The van der Waals surface area contributed by atoms with Crippen LogP contribution in [0.15, 0.2) is 30.5 Å². The Morgan fingerprint density at radius 2 is 2.06 bits per heavy atom. The molecule has 0 aliphatic rings. The maximum absolute atomic E-state index is 5.68. The van der Waals surface area contributed by atoms with Gasteiger partial charge in [-0.1, -0.05) is 12.1 Å². The van der Waals surface area contributed by atoms with E-state index in [4.69, 9.17) is 10.5 Å². The molecule has 0 aliphatic carbocycles. The van der Waals surface area contributed by atoms with Gasteiger partial charge in [-0.05, 0) is 37.1 Å². The Morgan fingerprint density at radius 1 is 1.24 bits per heavy atom. The molecule has 88 valence electrons. The Morgan fingerprint density at radius 3 is 2.82 bits per heavy atom. The molecule has 1 aromatic heterocycles. The molecule has 0 saturated heterocycles. The molecule has 2 aromatic rings. The summed E-state index contributed by atoms with van der Waals surface area (Å²) in [5.41, 5.74) is 7.92. The summed E-state index contributed by atoms with van der Waals surface area (Å²) in [7, 11) is 0. The zero-order valence-corrected chi connectivity index (χ0v) is 9.97. The number of hydrogen-bond acceptors (Lipinski definition) is 4. The number of rotatable bonds is 3. The summed E-state index contributed by atoms with van der Waals surface area (Å²) in [6.07, 6.45) is 1.63. The summed E-state index contributed by atoms with van der Waals surface area (Å²) < 4.78 is 5.68. The highest BCUT2D eigenvalue weighted by Crippen LogP contribution is 2.21. The molecule has 2 N–H and O–H groups in total. The number of benzene rings is 1. The lowest BCUT2D eigenvalue weighted by Gasteiger charge is -2.10. The van der Waals surface area contributed by atoms with E-state index < -0.39 is 0 Å². The van der Waals surface area contributed by atoms with Crippen LogP contribution in [0.2, 0.25) is 0 Å². The van der Waals surface area contributed by atoms with Crippen LogP contribution in [0.1, 0.15) is 17.0 Å². The van der Waals surface area contributed by atoms with Crippen LogP contribution in [-0.2, 0) is 6.61 Å². The molecule has 2 rings (SSSR count). The van der Waals surface area contributed by atoms with Crippen molar-refractivity contribution in [2.75, 3.05) is 5.73 Å². The zero-order chi connectivity index (χ0) is 12.3. The first-order valence-corrected chi connectivity index (χ1v) is 5.43. The van der Waals surface area contributed by atoms with Crippen LogP contribution in [0.25, 0.3) is 0 Å². The quantitative estimate of drug-likeness (QED) is 0.876. The number of hydrogen-bond donors (Lipinski definition) is 1. The van der Waals surface area contributed by atoms with Crippen molar-refractivity contribution in [3.63, 3.8) is 0 Å². The number of nitrogens with zero attached hydrogens (tertiary/aromatic N) is 2. The molecule has 1 heterocycles. The lowest BCUT2D eigenvalue weighted by atomic mass is 10.1. The van der Waals surface area contributed by atoms with Crippen LogP contribution in [0, 0.1) is 13.8 Å². The van der Waals surface area contributed by atoms with E-state index in [1.54, 1.807) is 12.3 Å². The molecular formula is C13H15N3O. The smallest absolute Gasteiger partial charge is 0.168 e. The van der Waals surface area contributed by atoms with Crippen molar-refractivity contribution in [2.24, 2.45) is 0 Å². The Labute approximate surface area is 100 Å².